The summed E-state index contributed by atoms with van der Waals surface area (Å²) in [4.78, 5) is 3.36. The third kappa shape index (κ3) is 4.08. The Kier molecular flexibility index (Phi) is 4.60. The number of hydrogen-bond acceptors (Lipinski definition) is 6. The zero-order valence-electron chi connectivity index (χ0n) is 8.63. The minimum absolute atomic E-state index is 0.145. The molecule has 1 unspecified atom stereocenters. The summed E-state index contributed by atoms with van der Waals surface area (Å²) in [5, 5.41) is 6.61. The Balaban J connectivity index is 5.60. The highest BCUT2D eigenvalue weighted by Gasteiger charge is 2.33. The highest BCUT2D eigenvalue weighted by atomic mass is 32.3. The molecule has 1 atom stereocenters. The molecular formula is C6H13N3O4S2. The van der Waals surface area contributed by atoms with Gasteiger partial charge in [-0.3, -0.25) is 0 Å². The van der Waals surface area contributed by atoms with Gasteiger partial charge in [0, 0.05) is 0 Å². The molecule has 0 saturated carbocycles. The van der Waals surface area contributed by atoms with Gasteiger partial charge in [-0.2, -0.15) is 0 Å². The molecule has 0 aliphatic rings. The molecule has 0 bridgehead atoms. The van der Waals surface area contributed by atoms with Crippen molar-refractivity contribution in [1.82, 2.24) is 3.71 Å². The average molecular weight is 255 g/mol. The minimum Gasteiger partial charge on any atom is -0.242 e. The van der Waals surface area contributed by atoms with Crippen LogP contribution in [0.25, 0.3) is 0 Å². The molecule has 9 heteroatoms. The first-order chi connectivity index (χ1) is 6.64. The van der Waals surface area contributed by atoms with Crippen molar-refractivity contribution in [3.8, 4) is 0 Å². The Morgan fingerprint density at radius 2 is 1.67 bits per heavy atom. The second kappa shape index (κ2) is 4.84. The Morgan fingerprint density at radius 1 is 1.27 bits per heavy atom. The van der Waals surface area contributed by atoms with Gasteiger partial charge in [0.15, 0.2) is 0 Å². The summed E-state index contributed by atoms with van der Waals surface area (Å²) in [6, 6.07) is 1.65. The molecule has 0 heterocycles. The summed E-state index contributed by atoms with van der Waals surface area (Å²) in [6.45, 7) is 1.56. The van der Waals surface area contributed by atoms with Crippen LogP contribution in [0.5, 0.6) is 0 Å². The van der Waals surface area contributed by atoms with Crippen molar-refractivity contribution in [2.45, 2.75) is 19.5 Å². The zero-order chi connectivity index (χ0) is 12.3. The predicted molar refractivity (Wildman–Crippen MR) is 55.8 cm³/mol. The van der Waals surface area contributed by atoms with Crippen LogP contribution in [0.3, 0.4) is 0 Å². The summed E-state index contributed by atoms with van der Waals surface area (Å²) in [5.41, 5.74) is 0. The first-order valence-corrected chi connectivity index (χ1v) is 7.65. The molecule has 0 aromatic heterocycles. The third-order valence-electron chi connectivity index (χ3n) is 1.48. The van der Waals surface area contributed by atoms with Crippen molar-refractivity contribution >= 4 is 26.1 Å². The van der Waals surface area contributed by atoms with Crippen molar-refractivity contribution in [1.29, 1.82) is 5.41 Å². The normalized spacial score (nSPS) is 14.7. The molecule has 15 heavy (non-hydrogen) atoms. The van der Waals surface area contributed by atoms with Crippen LogP contribution in [0.15, 0.2) is 4.99 Å². The van der Waals surface area contributed by atoms with E-state index in [0.29, 0.717) is 0 Å². The third-order valence-corrected chi connectivity index (χ3v) is 4.89. The molecule has 0 amide bonds. The lowest BCUT2D eigenvalue weighted by atomic mass is 10.4. The molecule has 0 aromatic carbocycles. The maximum atomic E-state index is 11.3. The molecule has 1 N–H and O–H groups in total. The van der Waals surface area contributed by atoms with Gasteiger partial charge in [-0.05, 0) is 6.42 Å². The standard InChI is InChI=1S/C6H13N3O4S2/c1-4-6(8-5-7)9(14(2,10)11)15(3,12)13/h6-7H,4H2,1-3H3. The van der Waals surface area contributed by atoms with E-state index >= 15 is 0 Å². The number of hydrogen-bond donors (Lipinski definition) is 1. The number of nitrogens with zero attached hydrogens (tertiary/aromatic N) is 2. The van der Waals surface area contributed by atoms with Crippen LogP contribution in [0.2, 0.25) is 0 Å². The zero-order valence-corrected chi connectivity index (χ0v) is 10.3. The minimum atomic E-state index is -3.93. The van der Waals surface area contributed by atoms with Crippen molar-refractivity contribution in [3.05, 3.63) is 0 Å². The fraction of sp³-hybridized carbons (Fsp3) is 0.833. The van der Waals surface area contributed by atoms with E-state index in [2.05, 4.69) is 4.99 Å². The average Bonchev–Trinajstić information content (AvgIpc) is 1.98. The van der Waals surface area contributed by atoms with Gasteiger partial charge < -0.3 is 0 Å². The molecule has 88 valence electrons. The van der Waals surface area contributed by atoms with E-state index in [4.69, 9.17) is 5.41 Å². The smallest absolute Gasteiger partial charge is 0.226 e. The van der Waals surface area contributed by atoms with E-state index in [0.717, 1.165) is 12.5 Å². The van der Waals surface area contributed by atoms with Crippen LogP contribution in [-0.2, 0) is 20.0 Å². The van der Waals surface area contributed by atoms with Gasteiger partial charge in [-0.1, -0.05) is 10.6 Å². The van der Waals surface area contributed by atoms with Gasteiger partial charge in [0.05, 0.1) is 18.5 Å². The predicted octanol–water partition coefficient (Wildman–Crippen LogP) is -0.304. The molecule has 0 fully saturated rings. The molecule has 0 spiro atoms. The van der Waals surface area contributed by atoms with Gasteiger partial charge in [0.1, 0.15) is 6.17 Å². The van der Waals surface area contributed by atoms with Crippen LogP contribution < -0.4 is 0 Å². The summed E-state index contributed by atoms with van der Waals surface area (Å²) < 4.78 is 45.3. The van der Waals surface area contributed by atoms with Gasteiger partial charge >= 0.3 is 0 Å². The van der Waals surface area contributed by atoms with Gasteiger partial charge in [-0.15, -0.1) is 0 Å². The molecule has 7 nitrogen and oxygen atoms in total. The van der Waals surface area contributed by atoms with E-state index in [1.807, 2.05) is 0 Å². The van der Waals surface area contributed by atoms with Crippen molar-refractivity contribution in [3.63, 3.8) is 0 Å². The Bertz CT molecular complexity index is 429. The van der Waals surface area contributed by atoms with Crippen molar-refractivity contribution < 1.29 is 16.8 Å². The van der Waals surface area contributed by atoms with Crippen LogP contribution in [0, 0.1) is 5.41 Å². The molecule has 0 aliphatic heterocycles. The highest BCUT2D eigenvalue weighted by Crippen LogP contribution is 2.14. The topological polar surface area (TPSA) is 108 Å². The summed E-state index contributed by atoms with van der Waals surface area (Å²) >= 11 is 0. The largest absolute Gasteiger partial charge is 0.242 e. The van der Waals surface area contributed by atoms with Crippen molar-refractivity contribution in [2.75, 3.05) is 12.5 Å². The molecule has 0 saturated heterocycles. The maximum Gasteiger partial charge on any atom is 0.226 e. The summed E-state index contributed by atoms with van der Waals surface area (Å²) in [6.07, 6.45) is 0.561. The van der Waals surface area contributed by atoms with Gasteiger partial charge in [0.25, 0.3) is 0 Å². The number of sulfonamides is 2. The highest BCUT2D eigenvalue weighted by molar-refractivity contribution is 8.03. The van der Waals surface area contributed by atoms with E-state index in [1.165, 1.54) is 0 Å². The van der Waals surface area contributed by atoms with Crippen LogP contribution in [0.1, 0.15) is 13.3 Å². The SMILES string of the molecule is CCC(N=C=N)N(S(C)(=O)=O)S(C)(=O)=O. The molecule has 0 aliphatic carbocycles. The lowest BCUT2D eigenvalue weighted by Gasteiger charge is -2.22. The maximum absolute atomic E-state index is 11.3. The monoisotopic (exact) mass is 255 g/mol. The second-order valence-electron chi connectivity index (χ2n) is 2.88. The Labute approximate surface area is 89.4 Å². The molecule has 0 radical (unpaired) electrons. The van der Waals surface area contributed by atoms with Crippen molar-refractivity contribution in [2.24, 2.45) is 4.99 Å². The number of aliphatic imine (C=N–C) groups is 1. The first-order valence-electron chi connectivity index (χ1n) is 3.95. The van der Waals surface area contributed by atoms with Crippen LogP contribution >= 0.6 is 0 Å². The van der Waals surface area contributed by atoms with Crippen LogP contribution in [0.4, 0.5) is 0 Å². The number of rotatable bonds is 5. The lowest BCUT2D eigenvalue weighted by molar-refractivity contribution is 0.427. The molecule has 0 rings (SSSR count). The molecular weight excluding hydrogens is 242 g/mol. The van der Waals surface area contributed by atoms with Crippen LogP contribution in [-0.4, -0.2) is 45.2 Å². The summed E-state index contributed by atoms with van der Waals surface area (Å²) in [7, 11) is -7.86. The number of nitrogens with one attached hydrogen (secondary N) is 1. The van der Waals surface area contributed by atoms with E-state index in [1.54, 1.807) is 12.9 Å². The second-order valence-corrected chi connectivity index (χ2v) is 6.83. The van der Waals surface area contributed by atoms with E-state index < -0.39 is 26.2 Å². The summed E-state index contributed by atoms with van der Waals surface area (Å²) in [5.74, 6) is 0. The van der Waals surface area contributed by atoms with E-state index in [-0.39, 0.29) is 10.1 Å². The quantitative estimate of drug-likeness (QED) is 0.680. The van der Waals surface area contributed by atoms with Gasteiger partial charge in [0.2, 0.25) is 20.0 Å². The fourth-order valence-electron chi connectivity index (χ4n) is 1.05. The Hall–Kier alpha value is -0.760. The molecule has 0 aromatic rings. The first kappa shape index (κ1) is 14.2. The van der Waals surface area contributed by atoms with E-state index in [9.17, 15) is 16.8 Å². The Morgan fingerprint density at radius 3 is 1.87 bits per heavy atom. The van der Waals surface area contributed by atoms with Gasteiger partial charge in [-0.25, -0.2) is 27.2 Å². The fourth-order valence-corrected chi connectivity index (χ4v) is 4.29. The lowest BCUT2D eigenvalue weighted by Crippen LogP contribution is -2.42.